The molecular formula is C13H27ClN2O2S. The Bertz CT molecular complexity index is 276. The number of methoxy groups -OCH3 is 1. The topological polar surface area (TPSA) is 50.4 Å². The van der Waals surface area contributed by atoms with Gasteiger partial charge in [-0.3, -0.25) is 4.79 Å². The molecule has 114 valence electrons. The Morgan fingerprint density at radius 2 is 2.16 bits per heavy atom. The molecule has 0 radical (unpaired) electrons. The van der Waals surface area contributed by atoms with Crippen LogP contribution in [-0.2, 0) is 9.53 Å². The first-order valence-electron chi connectivity index (χ1n) is 6.52. The van der Waals surface area contributed by atoms with Gasteiger partial charge in [-0.15, -0.1) is 24.2 Å². The van der Waals surface area contributed by atoms with Gasteiger partial charge in [-0.2, -0.15) is 0 Å². The van der Waals surface area contributed by atoms with Crippen molar-refractivity contribution in [3.63, 3.8) is 0 Å². The maximum Gasteiger partial charge on any atom is 0.230 e. The Morgan fingerprint density at radius 3 is 2.63 bits per heavy atom. The minimum Gasteiger partial charge on any atom is -0.383 e. The van der Waals surface area contributed by atoms with E-state index in [9.17, 15) is 4.79 Å². The molecule has 1 atom stereocenters. The van der Waals surface area contributed by atoms with Crippen molar-refractivity contribution in [2.24, 2.45) is 0 Å². The number of carbonyl (C=O) groups excluding carboxylic acids is 1. The summed E-state index contributed by atoms with van der Waals surface area (Å²) in [5.74, 6) is 0.631. The van der Waals surface area contributed by atoms with E-state index in [2.05, 4.69) is 31.4 Å². The molecule has 0 saturated carbocycles. The lowest BCUT2D eigenvalue weighted by atomic mass is 9.99. The highest BCUT2D eigenvalue weighted by Gasteiger charge is 2.33. The zero-order valence-corrected chi connectivity index (χ0v) is 14.0. The van der Waals surface area contributed by atoms with Crippen molar-refractivity contribution >= 4 is 30.1 Å². The molecule has 1 aliphatic rings. The van der Waals surface area contributed by atoms with Gasteiger partial charge in [-0.1, -0.05) is 20.8 Å². The maximum atomic E-state index is 11.8. The Balaban J connectivity index is 0.00000324. The standard InChI is InChI=1S/C13H26N2O2S.ClH/c1-12(2,3)18-8-11(16)14-9-13(10-17-4)6-5-7-15-13;/h15H,5-10H2,1-4H3,(H,14,16);1H. The first-order valence-corrected chi connectivity index (χ1v) is 7.50. The molecular weight excluding hydrogens is 284 g/mol. The summed E-state index contributed by atoms with van der Waals surface area (Å²) in [6, 6.07) is 0. The summed E-state index contributed by atoms with van der Waals surface area (Å²) >= 11 is 1.67. The molecule has 0 aromatic carbocycles. The third-order valence-electron chi connectivity index (χ3n) is 3.01. The van der Waals surface area contributed by atoms with Crippen LogP contribution < -0.4 is 10.6 Å². The first-order chi connectivity index (χ1) is 8.37. The molecule has 0 bridgehead atoms. The summed E-state index contributed by atoms with van der Waals surface area (Å²) < 4.78 is 5.39. The van der Waals surface area contributed by atoms with E-state index in [0.29, 0.717) is 18.9 Å². The number of nitrogens with one attached hydrogen (secondary N) is 2. The van der Waals surface area contributed by atoms with E-state index in [1.165, 1.54) is 0 Å². The van der Waals surface area contributed by atoms with Gasteiger partial charge in [-0.25, -0.2) is 0 Å². The van der Waals surface area contributed by atoms with Crippen LogP contribution >= 0.6 is 24.2 Å². The summed E-state index contributed by atoms with van der Waals surface area (Å²) in [7, 11) is 1.71. The third kappa shape index (κ3) is 7.40. The van der Waals surface area contributed by atoms with E-state index in [-0.39, 0.29) is 28.6 Å². The molecule has 4 nitrogen and oxygen atoms in total. The first kappa shape index (κ1) is 19.0. The monoisotopic (exact) mass is 310 g/mol. The van der Waals surface area contributed by atoms with E-state index < -0.39 is 0 Å². The van der Waals surface area contributed by atoms with Gasteiger partial charge < -0.3 is 15.4 Å². The molecule has 6 heteroatoms. The molecule has 2 N–H and O–H groups in total. The van der Waals surface area contributed by atoms with Gasteiger partial charge in [0.25, 0.3) is 0 Å². The predicted octanol–water partition coefficient (Wildman–Crippen LogP) is 1.82. The Labute approximate surface area is 127 Å². The maximum absolute atomic E-state index is 11.8. The molecule has 1 rings (SSSR count). The third-order valence-corrected chi connectivity index (χ3v) is 4.29. The van der Waals surface area contributed by atoms with E-state index in [0.717, 1.165) is 19.4 Å². The lowest BCUT2D eigenvalue weighted by molar-refractivity contribution is -0.119. The number of hydrogen-bond donors (Lipinski definition) is 2. The van der Waals surface area contributed by atoms with Crippen LogP contribution in [-0.4, -0.2) is 48.8 Å². The van der Waals surface area contributed by atoms with Crippen LogP contribution in [0.3, 0.4) is 0 Å². The van der Waals surface area contributed by atoms with Crippen molar-refractivity contribution in [3.05, 3.63) is 0 Å². The Morgan fingerprint density at radius 1 is 1.47 bits per heavy atom. The second-order valence-electron chi connectivity index (χ2n) is 5.92. The van der Waals surface area contributed by atoms with Gasteiger partial charge >= 0.3 is 0 Å². The second-order valence-corrected chi connectivity index (χ2v) is 7.72. The van der Waals surface area contributed by atoms with Crippen LogP contribution in [0.15, 0.2) is 0 Å². The minimum absolute atomic E-state index is 0. The number of carbonyl (C=O) groups is 1. The average Bonchev–Trinajstić information content (AvgIpc) is 2.72. The van der Waals surface area contributed by atoms with Gasteiger partial charge in [0.2, 0.25) is 5.91 Å². The number of ether oxygens (including phenoxy) is 1. The predicted molar refractivity (Wildman–Crippen MR) is 84.3 cm³/mol. The molecule has 0 aromatic heterocycles. The van der Waals surface area contributed by atoms with Crippen molar-refractivity contribution in [2.45, 2.75) is 43.9 Å². The van der Waals surface area contributed by atoms with E-state index >= 15 is 0 Å². The number of thioether (sulfide) groups is 1. The average molecular weight is 311 g/mol. The highest BCUT2D eigenvalue weighted by atomic mass is 35.5. The summed E-state index contributed by atoms with van der Waals surface area (Å²) in [5.41, 5.74) is -0.0587. The zero-order valence-electron chi connectivity index (χ0n) is 12.4. The normalized spacial score (nSPS) is 22.9. The Hall–Kier alpha value is 0.0300. The van der Waals surface area contributed by atoms with Crippen LogP contribution in [0, 0.1) is 0 Å². The largest absolute Gasteiger partial charge is 0.383 e. The molecule has 1 heterocycles. The van der Waals surface area contributed by atoms with Crippen LogP contribution in [0.1, 0.15) is 33.6 Å². The highest BCUT2D eigenvalue weighted by Crippen LogP contribution is 2.23. The molecule has 1 fully saturated rings. The summed E-state index contributed by atoms with van der Waals surface area (Å²) in [6.07, 6.45) is 2.21. The number of hydrogen-bond acceptors (Lipinski definition) is 4. The van der Waals surface area contributed by atoms with Crippen molar-refractivity contribution in [1.82, 2.24) is 10.6 Å². The fraction of sp³-hybridized carbons (Fsp3) is 0.923. The lowest BCUT2D eigenvalue weighted by Crippen LogP contribution is -2.53. The fourth-order valence-electron chi connectivity index (χ4n) is 2.07. The highest BCUT2D eigenvalue weighted by molar-refractivity contribution is 8.01. The number of rotatable bonds is 6. The van der Waals surface area contributed by atoms with Gasteiger partial charge in [0.05, 0.1) is 17.9 Å². The molecule has 1 saturated heterocycles. The van der Waals surface area contributed by atoms with Gasteiger partial charge in [0, 0.05) is 18.4 Å². The quantitative estimate of drug-likeness (QED) is 0.786. The summed E-state index contributed by atoms with van der Waals surface area (Å²) in [5, 5.41) is 6.47. The van der Waals surface area contributed by atoms with Crippen molar-refractivity contribution in [1.29, 1.82) is 0 Å². The molecule has 0 spiro atoms. The van der Waals surface area contributed by atoms with Crippen LogP contribution in [0.4, 0.5) is 0 Å². The minimum atomic E-state index is -0.0587. The fourth-order valence-corrected chi connectivity index (χ4v) is 2.74. The molecule has 1 unspecified atom stereocenters. The lowest BCUT2D eigenvalue weighted by Gasteiger charge is -2.29. The van der Waals surface area contributed by atoms with Gasteiger partial charge in [0.15, 0.2) is 0 Å². The SMILES string of the molecule is COCC1(CNC(=O)CSC(C)(C)C)CCCN1.Cl. The molecule has 19 heavy (non-hydrogen) atoms. The van der Waals surface area contributed by atoms with Crippen molar-refractivity contribution < 1.29 is 9.53 Å². The van der Waals surface area contributed by atoms with Crippen molar-refractivity contribution in [2.75, 3.05) is 32.6 Å². The molecule has 1 aliphatic heterocycles. The van der Waals surface area contributed by atoms with Gasteiger partial charge in [0.1, 0.15) is 0 Å². The van der Waals surface area contributed by atoms with Gasteiger partial charge in [-0.05, 0) is 19.4 Å². The number of halogens is 1. The zero-order chi connectivity index (χ0) is 13.6. The van der Waals surface area contributed by atoms with E-state index in [4.69, 9.17) is 4.74 Å². The Kier molecular flexibility index (Phi) is 8.36. The van der Waals surface area contributed by atoms with E-state index in [1.54, 1.807) is 18.9 Å². The van der Waals surface area contributed by atoms with Crippen LogP contribution in [0.25, 0.3) is 0 Å². The molecule has 0 aliphatic carbocycles. The second kappa shape index (κ2) is 8.35. The van der Waals surface area contributed by atoms with E-state index in [1.807, 2.05) is 0 Å². The number of amides is 1. The molecule has 0 aromatic rings. The smallest absolute Gasteiger partial charge is 0.230 e. The summed E-state index contributed by atoms with van der Waals surface area (Å²) in [4.78, 5) is 11.8. The van der Waals surface area contributed by atoms with Crippen molar-refractivity contribution in [3.8, 4) is 0 Å². The molecule has 1 amide bonds. The van der Waals surface area contributed by atoms with Crippen LogP contribution in [0.2, 0.25) is 0 Å². The van der Waals surface area contributed by atoms with Crippen LogP contribution in [0.5, 0.6) is 0 Å². The summed E-state index contributed by atoms with van der Waals surface area (Å²) in [6.45, 7) is 8.68.